The molecule has 0 amide bonds. The number of hydrogen-bond acceptors (Lipinski definition) is 5. The van der Waals surface area contributed by atoms with Crippen LogP contribution in [0.25, 0.3) is 0 Å². The molecule has 7 nitrogen and oxygen atoms in total. The Labute approximate surface area is 171 Å². The van der Waals surface area contributed by atoms with Crippen molar-refractivity contribution in [2.45, 2.75) is 19.3 Å². The third-order valence-electron chi connectivity index (χ3n) is 4.46. The van der Waals surface area contributed by atoms with Gasteiger partial charge in [-0.3, -0.25) is 14.8 Å². The molecule has 0 bridgehead atoms. The number of rotatable bonds is 4. The van der Waals surface area contributed by atoms with Gasteiger partial charge in [-0.25, -0.2) is 9.59 Å². The molecule has 3 rings (SSSR count). The zero-order valence-electron chi connectivity index (χ0n) is 16.0. The maximum atomic E-state index is 12.6. The lowest BCUT2D eigenvalue weighted by Crippen LogP contribution is -2.45. The van der Waals surface area contributed by atoms with Gasteiger partial charge in [0.05, 0.1) is 5.56 Å². The van der Waals surface area contributed by atoms with Crippen LogP contribution in [0.2, 0.25) is 0 Å². The number of pyridine rings is 1. The number of carboxylic acids is 2. The second kappa shape index (κ2) is 10.7. The number of hydrogen-bond donors (Lipinski definition) is 2. The highest BCUT2D eigenvalue weighted by Gasteiger charge is 2.30. The Morgan fingerprint density at radius 1 is 0.867 bits per heavy atom. The molecule has 0 saturated carbocycles. The molecule has 0 unspecified atom stereocenters. The van der Waals surface area contributed by atoms with E-state index in [1.807, 2.05) is 12.3 Å². The van der Waals surface area contributed by atoms with Gasteiger partial charge in [0, 0.05) is 51.7 Å². The highest BCUT2D eigenvalue weighted by Crippen LogP contribution is 2.29. The molecule has 0 radical (unpaired) electrons. The first-order chi connectivity index (χ1) is 14.1. The molecule has 1 aliphatic heterocycles. The van der Waals surface area contributed by atoms with Crippen LogP contribution in [-0.2, 0) is 28.9 Å². The van der Waals surface area contributed by atoms with Gasteiger partial charge in [-0.2, -0.15) is 13.2 Å². The van der Waals surface area contributed by atoms with E-state index in [2.05, 4.69) is 20.9 Å². The summed E-state index contributed by atoms with van der Waals surface area (Å²) in [6.07, 6.45) is -0.615. The van der Waals surface area contributed by atoms with Crippen molar-refractivity contribution >= 4 is 11.9 Å². The molecule has 0 spiro atoms. The number of aromatic nitrogens is 1. The van der Waals surface area contributed by atoms with Crippen LogP contribution in [0.3, 0.4) is 0 Å². The Morgan fingerprint density at radius 2 is 1.37 bits per heavy atom. The Morgan fingerprint density at radius 3 is 1.77 bits per heavy atom. The number of halogens is 3. The average Bonchev–Trinajstić information content (AvgIpc) is 2.70. The Bertz CT molecular complexity index is 809. The Hall–Kier alpha value is -2.98. The quantitative estimate of drug-likeness (QED) is 0.727. The molecule has 2 heterocycles. The number of alkyl halides is 3. The first-order valence-corrected chi connectivity index (χ1v) is 9.11. The van der Waals surface area contributed by atoms with Crippen LogP contribution in [0, 0.1) is 0 Å². The Kier molecular flexibility index (Phi) is 8.31. The lowest BCUT2D eigenvalue weighted by molar-refractivity contribution is -0.159. The van der Waals surface area contributed by atoms with Crippen LogP contribution in [0.5, 0.6) is 0 Å². The number of piperazine rings is 1. The second-order valence-corrected chi connectivity index (χ2v) is 6.72. The van der Waals surface area contributed by atoms with Gasteiger partial charge < -0.3 is 10.2 Å². The summed E-state index contributed by atoms with van der Waals surface area (Å²) in [5, 5.41) is 14.8. The predicted molar refractivity (Wildman–Crippen MR) is 102 cm³/mol. The molecule has 30 heavy (non-hydrogen) atoms. The van der Waals surface area contributed by atoms with E-state index in [0.717, 1.165) is 50.4 Å². The van der Waals surface area contributed by atoms with E-state index in [9.17, 15) is 13.2 Å². The summed E-state index contributed by atoms with van der Waals surface area (Å²) in [6.45, 7) is 5.33. The van der Waals surface area contributed by atoms with Gasteiger partial charge in [-0.15, -0.1) is 0 Å². The molecular formula is C20H22F3N3O4. The topological polar surface area (TPSA) is 94.0 Å². The standard InChI is InChI=1S/C18H20F3N3.C2H2O4/c19-18(20,21)17-5-3-15(4-6-17)13-23-8-10-24(11-9-23)14-16-2-1-7-22-12-16;3-1(4)2(5)6/h1-7,12H,8-11,13-14H2;(H,3,4)(H,5,6). The van der Waals surface area contributed by atoms with Gasteiger partial charge in [-0.05, 0) is 29.3 Å². The van der Waals surface area contributed by atoms with Crippen LogP contribution < -0.4 is 0 Å². The normalized spacial score (nSPS) is 15.2. The molecule has 2 N–H and O–H groups in total. The van der Waals surface area contributed by atoms with Gasteiger partial charge >= 0.3 is 18.1 Å². The van der Waals surface area contributed by atoms with Crippen molar-refractivity contribution in [2.75, 3.05) is 26.2 Å². The van der Waals surface area contributed by atoms with Crippen molar-refractivity contribution in [3.63, 3.8) is 0 Å². The molecular weight excluding hydrogens is 403 g/mol. The monoisotopic (exact) mass is 425 g/mol. The van der Waals surface area contributed by atoms with E-state index in [4.69, 9.17) is 19.8 Å². The van der Waals surface area contributed by atoms with Gasteiger partial charge in [0.2, 0.25) is 0 Å². The number of carbonyl (C=O) groups is 2. The summed E-state index contributed by atoms with van der Waals surface area (Å²) in [5.74, 6) is -3.65. The first kappa shape index (κ1) is 23.3. The maximum Gasteiger partial charge on any atom is 0.416 e. The average molecular weight is 425 g/mol. The van der Waals surface area contributed by atoms with E-state index >= 15 is 0 Å². The molecule has 0 atom stereocenters. The third-order valence-corrected chi connectivity index (χ3v) is 4.46. The maximum absolute atomic E-state index is 12.6. The molecule has 1 aliphatic rings. The van der Waals surface area contributed by atoms with Crippen LogP contribution in [0.1, 0.15) is 16.7 Å². The smallest absolute Gasteiger partial charge is 0.416 e. The van der Waals surface area contributed by atoms with E-state index in [0.29, 0.717) is 6.54 Å². The van der Waals surface area contributed by atoms with Crippen molar-refractivity contribution in [1.82, 2.24) is 14.8 Å². The van der Waals surface area contributed by atoms with Crippen molar-refractivity contribution in [3.8, 4) is 0 Å². The van der Waals surface area contributed by atoms with Gasteiger partial charge in [0.25, 0.3) is 0 Å². The molecule has 1 fully saturated rings. The Balaban J connectivity index is 0.000000469. The van der Waals surface area contributed by atoms with Gasteiger partial charge in [0.1, 0.15) is 0 Å². The van der Waals surface area contributed by atoms with Crippen molar-refractivity contribution in [1.29, 1.82) is 0 Å². The van der Waals surface area contributed by atoms with E-state index in [1.165, 1.54) is 5.56 Å². The lowest BCUT2D eigenvalue weighted by Gasteiger charge is -2.34. The number of benzene rings is 1. The zero-order valence-corrected chi connectivity index (χ0v) is 16.0. The lowest BCUT2D eigenvalue weighted by atomic mass is 10.1. The number of nitrogens with zero attached hydrogens (tertiary/aromatic N) is 3. The fourth-order valence-electron chi connectivity index (χ4n) is 2.91. The van der Waals surface area contributed by atoms with Crippen molar-refractivity contribution in [3.05, 3.63) is 65.5 Å². The fourth-order valence-corrected chi connectivity index (χ4v) is 2.91. The predicted octanol–water partition coefficient (Wildman–Crippen LogP) is 2.57. The van der Waals surface area contributed by atoms with Crippen LogP contribution in [0.15, 0.2) is 48.8 Å². The molecule has 10 heteroatoms. The number of carboxylic acid groups (broad SMARTS) is 2. The summed E-state index contributed by atoms with van der Waals surface area (Å²) in [7, 11) is 0. The molecule has 0 aliphatic carbocycles. The summed E-state index contributed by atoms with van der Waals surface area (Å²) in [6, 6.07) is 9.48. The highest BCUT2D eigenvalue weighted by atomic mass is 19.4. The van der Waals surface area contributed by atoms with Gasteiger partial charge in [-0.1, -0.05) is 18.2 Å². The molecule has 1 saturated heterocycles. The molecule has 162 valence electrons. The van der Waals surface area contributed by atoms with E-state index in [1.54, 1.807) is 18.3 Å². The third kappa shape index (κ3) is 7.80. The largest absolute Gasteiger partial charge is 0.473 e. The van der Waals surface area contributed by atoms with E-state index in [-0.39, 0.29) is 0 Å². The molecule has 1 aromatic carbocycles. The van der Waals surface area contributed by atoms with Crippen molar-refractivity contribution < 1.29 is 33.0 Å². The minimum absolute atomic E-state index is 0.590. The number of aliphatic carboxylic acids is 2. The summed E-state index contributed by atoms with van der Waals surface area (Å²) < 4.78 is 37.7. The summed E-state index contributed by atoms with van der Waals surface area (Å²) >= 11 is 0. The summed E-state index contributed by atoms with van der Waals surface area (Å²) in [5.41, 5.74) is 1.53. The molecule has 2 aromatic rings. The van der Waals surface area contributed by atoms with Crippen LogP contribution in [-0.4, -0.2) is 63.1 Å². The molecule has 1 aromatic heterocycles. The fraction of sp³-hybridized carbons (Fsp3) is 0.350. The SMILES string of the molecule is FC(F)(F)c1ccc(CN2CCN(Cc3cccnc3)CC2)cc1.O=C(O)C(=O)O. The van der Waals surface area contributed by atoms with Gasteiger partial charge in [0.15, 0.2) is 0 Å². The second-order valence-electron chi connectivity index (χ2n) is 6.72. The van der Waals surface area contributed by atoms with Crippen LogP contribution >= 0.6 is 0 Å². The van der Waals surface area contributed by atoms with E-state index < -0.39 is 23.7 Å². The first-order valence-electron chi connectivity index (χ1n) is 9.11. The minimum atomic E-state index is -4.27. The summed E-state index contributed by atoms with van der Waals surface area (Å²) in [4.78, 5) is 27.0. The highest BCUT2D eigenvalue weighted by molar-refractivity contribution is 6.27. The minimum Gasteiger partial charge on any atom is -0.473 e. The van der Waals surface area contributed by atoms with Crippen molar-refractivity contribution in [2.24, 2.45) is 0 Å². The zero-order chi connectivity index (χ0) is 22.1. The van der Waals surface area contributed by atoms with Crippen LogP contribution in [0.4, 0.5) is 13.2 Å².